The largest absolute Gasteiger partial charge is 0.466 e. The number of thiazole rings is 1. The van der Waals surface area contributed by atoms with Gasteiger partial charge in [0.1, 0.15) is 34.3 Å². The molecule has 3 aromatic heterocycles. The molecule has 1 unspecified atom stereocenters. The Kier molecular flexibility index (Phi) is 8.24. The number of aromatic nitrogens is 2. The van der Waals surface area contributed by atoms with E-state index in [4.69, 9.17) is 14.9 Å². The molecule has 0 aliphatic rings. The lowest BCUT2D eigenvalue weighted by molar-refractivity contribution is -0.142. The van der Waals surface area contributed by atoms with Gasteiger partial charge in [0.05, 0.1) is 41.4 Å². The zero-order chi connectivity index (χ0) is 24.7. The van der Waals surface area contributed by atoms with Crippen LogP contribution in [0.15, 0.2) is 33.2 Å². The third-order valence-corrected chi connectivity index (χ3v) is 6.67. The predicted molar refractivity (Wildman–Crippen MR) is 127 cm³/mol. The van der Waals surface area contributed by atoms with Crippen molar-refractivity contribution in [1.82, 2.24) is 9.97 Å². The number of nitrogens with zero attached hydrogens (tertiary/aromatic N) is 4. The van der Waals surface area contributed by atoms with Crippen LogP contribution in [0.1, 0.15) is 37.1 Å². The van der Waals surface area contributed by atoms with Crippen LogP contribution in [0.5, 0.6) is 0 Å². The molecular formula is C22H20N6O4S2. The molecule has 34 heavy (non-hydrogen) atoms. The first-order valence-electron chi connectivity index (χ1n) is 10.2. The number of nitrogens with one attached hydrogen (secondary N) is 1. The van der Waals surface area contributed by atoms with Crippen molar-refractivity contribution in [3.05, 3.63) is 40.6 Å². The Morgan fingerprint density at radius 2 is 2.06 bits per heavy atom. The Balaban J connectivity index is 1.84. The second-order valence-electron chi connectivity index (χ2n) is 6.76. The first kappa shape index (κ1) is 24.8. The summed E-state index contributed by atoms with van der Waals surface area (Å²) < 4.78 is 10.3. The third kappa shape index (κ3) is 5.54. The molecule has 0 saturated carbocycles. The zero-order valence-electron chi connectivity index (χ0n) is 18.3. The van der Waals surface area contributed by atoms with E-state index in [1.807, 2.05) is 13.0 Å². The Morgan fingerprint density at radius 1 is 1.29 bits per heavy atom. The predicted octanol–water partition coefficient (Wildman–Crippen LogP) is 3.74. The summed E-state index contributed by atoms with van der Waals surface area (Å²) in [6.45, 7) is 3.82. The van der Waals surface area contributed by atoms with Crippen molar-refractivity contribution in [2.24, 2.45) is 0 Å². The highest BCUT2D eigenvalue weighted by Crippen LogP contribution is 2.37. The van der Waals surface area contributed by atoms with Crippen LogP contribution in [0.3, 0.4) is 0 Å². The van der Waals surface area contributed by atoms with E-state index in [9.17, 15) is 20.1 Å². The van der Waals surface area contributed by atoms with Gasteiger partial charge in [0.25, 0.3) is 0 Å². The lowest BCUT2D eigenvalue weighted by Gasteiger charge is -2.16. The molecule has 0 bridgehead atoms. The molecule has 3 N–H and O–H groups in total. The van der Waals surface area contributed by atoms with E-state index in [1.165, 1.54) is 17.6 Å². The molecule has 3 aromatic rings. The van der Waals surface area contributed by atoms with Gasteiger partial charge in [0, 0.05) is 5.38 Å². The number of carbonyl (C=O) groups is 2. The summed E-state index contributed by atoms with van der Waals surface area (Å²) in [5, 5.41) is 23.7. The second-order valence-corrected chi connectivity index (χ2v) is 8.81. The maximum atomic E-state index is 12.9. The minimum absolute atomic E-state index is 0.0156. The van der Waals surface area contributed by atoms with E-state index in [1.54, 1.807) is 24.4 Å². The number of hydrogen-bond acceptors (Lipinski definition) is 11. The standard InChI is InChI=1S/C22H20N6O4S2/c1-3-16(20(30)28-22-26-12(11-33-22)8-17(29)31-4-2)34-21-14(10-24)18(15-6-5-7-32-15)13(9-23)19(25)27-21/h5-7,11,16H,3-4,8H2,1-2H3,(H2,25,27)(H,26,28,30). The van der Waals surface area contributed by atoms with Gasteiger partial charge in [-0.15, -0.1) is 11.3 Å². The monoisotopic (exact) mass is 496 g/mol. The van der Waals surface area contributed by atoms with Gasteiger partial charge < -0.3 is 20.2 Å². The molecule has 12 heteroatoms. The van der Waals surface area contributed by atoms with Crippen LogP contribution >= 0.6 is 23.1 Å². The molecule has 0 aliphatic heterocycles. The highest BCUT2D eigenvalue weighted by molar-refractivity contribution is 8.00. The van der Waals surface area contributed by atoms with Crippen LogP contribution in [0.2, 0.25) is 0 Å². The van der Waals surface area contributed by atoms with Crippen LogP contribution in [-0.4, -0.2) is 33.7 Å². The molecule has 0 spiro atoms. The fourth-order valence-corrected chi connectivity index (χ4v) is 4.73. The fraction of sp³-hybridized carbons (Fsp3) is 0.273. The second kappa shape index (κ2) is 11.3. The number of nitriles is 2. The molecule has 1 amide bonds. The number of ether oxygens (including phenoxy) is 1. The number of esters is 1. The number of amides is 1. The first-order chi connectivity index (χ1) is 16.4. The van der Waals surface area contributed by atoms with Gasteiger partial charge in [-0.2, -0.15) is 10.5 Å². The van der Waals surface area contributed by atoms with E-state index < -0.39 is 11.2 Å². The van der Waals surface area contributed by atoms with E-state index >= 15 is 0 Å². The summed E-state index contributed by atoms with van der Waals surface area (Å²) in [5.74, 6) is -0.501. The number of pyridine rings is 1. The quantitative estimate of drug-likeness (QED) is 0.329. The molecule has 1 atom stereocenters. The van der Waals surface area contributed by atoms with Crippen molar-refractivity contribution >= 4 is 45.9 Å². The normalized spacial score (nSPS) is 11.3. The Labute approximate surface area is 203 Å². The molecule has 0 saturated heterocycles. The topological polar surface area (TPSA) is 168 Å². The van der Waals surface area contributed by atoms with Gasteiger partial charge in [-0.25, -0.2) is 9.97 Å². The molecule has 0 aliphatic carbocycles. The highest BCUT2D eigenvalue weighted by atomic mass is 32.2. The first-order valence-corrected chi connectivity index (χ1v) is 11.9. The summed E-state index contributed by atoms with van der Waals surface area (Å²) >= 11 is 2.25. The number of nitrogens with two attached hydrogens (primary N) is 1. The van der Waals surface area contributed by atoms with Crippen molar-refractivity contribution in [2.75, 3.05) is 17.7 Å². The van der Waals surface area contributed by atoms with Crippen LogP contribution in [0.4, 0.5) is 10.9 Å². The zero-order valence-corrected chi connectivity index (χ0v) is 20.0. The van der Waals surface area contributed by atoms with E-state index in [-0.39, 0.29) is 46.5 Å². The summed E-state index contributed by atoms with van der Waals surface area (Å²) in [6, 6.07) is 7.29. The minimum Gasteiger partial charge on any atom is -0.466 e. The third-order valence-electron chi connectivity index (χ3n) is 4.51. The summed E-state index contributed by atoms with van der Waals surface area (Å²) in [6.07, 6.45) is 1.86. The van der Waals surface area contributed by atoms with Crippen molar-refractivity contribution < 1.29 is 18.7 Å². The summed E-state index contributed by atoms with van der Waals surface area (Å²) in [7, 11) is 0. The number of nitrogen functional groups attached to an aromatic ring is 1. The lowest BCUT2D eigenvalue weighted by Crippen LogP contribution is -2.25. The minimum atomic E-state index is -0.631. The average Bonchev–Trinajstić information content (AvgIpc) is 3.49. The van der Waals surface area contributed by atoms with Gasteiger partial charge >= 0.3 is 5.97 Å². The number of hydrogen-bond donors (Lipinski definition) is 2. The molecule has 0 fully saturated rings. The van der Waals surface area contributed by atoms with Gasteiger partial charge in [-0.05, 0) is 25.5 Å². The maximum Gasteiger partial charge on any atom is 0.311 e. The molecule has 3 heterocycles. The van der Waals surface area contributed by atoms with Crippen molar-refractivity contribution in [3.8, 4) is 23.5 Å². The van der Waals surface area contributed by atoms with Crippen LogP contribution in [0.25, 0.3) is 11.3 Å². The number of anilines is 2. The smallest absolute Gasteiger partial charge is 0.311 e. The van der Waals surface area contributed by atoms with E-state index in [2.05, 4.69) is 21.4 Å². The number of carbonyl (C=O) groups excluding carboxylic acids is 2. The summed E-state index contributed by atoms with van der Waals surface area (Å²) in [4.78, 5) is 33.0. The Hall–Kier alpha value is -3.87. The molecule has 0 radical (unpaired) electrons. The Bertz CT molecular complexity index is 1270. The number of furan rings is 1. The highest BCUT2D eigenvalue weighted by Gasteiger charge is 2.27. The van der Waals surface area contributed by atoms with Gasteiger partial charge in [-0.3, -0.25) is 9.59 Å². The van der Waals surface area contributed by atoms with E-state index in [0.717, 1.165) is 11.8 Å². The van der Waals surface area contributed by atoms with Gasteiger partial charge in [0.15, 0.2) is 5.13 Å². The van der Waals surface area contributed by atoms with Gasteiger partial charge in [-0.1, -0.05) is 18.7 Å². The SMILES string of the molecule is CCOC(=O)Cc1csc(NC(=O)C(CC)Sc2nc(N)c(C#N)c(-c3ccco3)c2C#N)n1. The molecule has 174 valence electrons. The number of rotatable bonds is 9. The maximum absolute atomic E-state index is 12.9. The molecule has 3 rings (SSSR count). The average molecular weight is 497 g/mol. The number of thioether (sulfide) groups is 1. The van der Waals surface area contributed by atoms with Crippen LogP contribution in [-0.2, 0) is 20.7 Å². The van der Waals surface area contributed by atoms with Crippen molar-refractivity contribution in [1.29, 1.82) is 10.5 Å². The van der Waals surface area contributed by atoms with Crippen LogP contribution in [0, 0.1) is 22.7 Å². The molecular weight excluding hydrogens is 476 g/mol. The van der Waals surface area contributed by atoms with E-state index in [0.29, 0.717) is 23.0 Å². The molecule has 10 nitrogen and oxygen atoms in total. The molecule has 0 aromatic carbocycles. The van der Waals surface area contributed by atoms with Crippen molar-refractivity contribution in [2.45, 2.75) is 37.0 Å². The van der Waals surface area contributed by atoms with Crippen LogP contribution < -0.4 is 11.1 Å². The van der Waals surface area contributed by atoms with Crippen molar-refractivity contribution in [3.63, 3.8) is 0 Å². The summed E-state index contributed by atoms with van der Waals surface area (Å²) in [5.41, 5.74) is 6.87. The van der Waals surface area contributed by atoms with Gasteiger partial charge in [0.2, 0.25) is 5.91 Å². The lowest BCUT2D eigenvalue weighted by atomic mass is 10.0. The fourth-order valence-electron chi connectivity index (χ4n) is 3.00. The Morgan fingerprint density at radius 3 is 2.68 bits per heavy atom.